The fourth-order valence-corrected chi connectivity index (χ4v) is 6.03. The van der Waals surface area contributed by atoms with Crippen molar-refractivity contribution in [2.24, 2.45) is 17.6 Å². The summed E-state index contributed by atoms with van der Waals surface area (Å²) in [6, 6.07) is 9.22. The molecule has 0 aliphatic heterocycles. The lowest BCUT2D eigenvalue weighted by molar-refractivity contribution is 0.100. The molecule has 1 fully saturated rings. The Balaban J connectivity index is 0.00000106. The standard InChI is InChI=1S/C27H34N2O.C7H16.C5H12.2C2H6/c1-5-16(3)24-23(14-17(4)25(27(28)30)26(24)29-6-2)20-13-12-18-8-7-9-21(19-10-11-19)22(18)15-20;1-3-5-7-6-4-2;1-4-5(2)3;2*1-2/h6,12-16,19,21,29H,2,5,7-11H2,1,3-4H3,(H2,28,30);3-7H2,1-2H3;5H,4H2,1-3H3;2*1-2H3. The fraction of sp³-hybridized carbons (Fsp3) is 0.651. The van der Waals surface area contributed by atoms with Crippen LogP contribution in [0.15, 0.2) is 37.0 Å². The van der Waals surface area contributed by atoms with Gasteiger partial charge in [-0.15, -0.1) is 0 Å². The van der Waals surface area contributed by atoms with E-state index < -0.39 is 5.91 Å². The van der Waals surface area contributed by atoms with Gasteiger partial charge in [0.1, 0.15) is 0 Å². The minimum atomic E-state index is -0.396. The molecule has 1 amide bonds. The number of hydrogen-bond acceptors (Lipinski definition) is 2. The van der Waals surface area contributed by atoms with Gasteiger partial charge in [0.25, 0.3) is 5.91 Å². The van der Waals surface area contributed by atoms with Crippen LogP contribution in [0.4, 0.5) is 5.69 Å². The van der Waals surface area contributed by atoms with Gasteiger partial charge >= 0.3 is 0 Å². The average molecular weight is 635 g/mol. The quantitative estimate of drug-likeness (QED) is 0.228. The second-order valence-electron chi connectivity index (χ2n) is 13.0. The molecule has 0 saturated heterocycles. The highest BCUT2D eigenvalue weighted by molar-refractivity contribution is 6.02. The largest absolute Gasteiger partial charge is 0.366 e. The number of amides is 1. The third kappa shape index (κ3) is 13.7. The summed E-state index contributed by atoms with van der Waals surface area (Å²) in [6.07, 6.45) is 17.5. The molecule has 46 heavy (non-hydrogen) atoms. The number of primary amides is 1. The average Bonchev–Trinajstić information content (AvgIpc) is 3.92. The first-order valence-corrected chi connectivity index (χ1v) is 19.1. The Hall–Kier alpha value is -2.55. The summed E-state index contributed by atoms with van der Waals surface area (Å²) in [7, 11) is 0. The molecule has 2 atom stereocenters. The van der Waals surface area contributed by atoms with E-state index in [1.807, 2.05) is 34.6 Å². The number of nitrogens with one attached hydrogen (secondary N) is 1. The maximum absolute atomic E-state index is 12.3. The minimum absolute atomic E-state index is 0.288. The van der Waals surface area contributed by atoms with Crippen molar-refractivity contribution >= 4 is 11.6 Å². The highest BCUT2D eigenvalue weighted by Gasteiger charge is 2.35. The molecular formula is C43H74N2O. The Morgan fingerprint density at radius 2 is 1.52 bits per heavy atom. The molecule has 2 aromatic rings. The number of hydrogen-bond donors (Lipinski definition) is 2. The van der Waals surface area contributed by atoms with Crippen molar-refractivity contribution in [1.82, 2.24) is 0 Å². The number of benzene rings is 2. The first kappa shape index (κ1) is 43.5. The van der Waals surface area contributed by atoms with E-state index in [2.05, 4.69) is 84.6 Å². The van der Waals surface area contributed by atoms with Crippen molar-refractivity contribution in [3.8, 4) is 11.1 Å². The Morgan fingerprint density at radius 3 is 1.98 bits per heavy atom. The SMILES string of the molecule is C=CNc1c(C(N)=O)c(C)cc(-c2ccc3c(c2)C(C2CC2)CCC3)c1C(C)CC.CC.CC.CCC(C)C.CCCCCCC. The molecule has 2 unspecified atom stereocenters. The maximum Gasteiger partial charge on any atom is 0.251 e. The Morgan fingerprint density at radius 1 is 0.935 bits per heavy atom. The van der Waals surface area contributed by atoms with E-state index in [9.17, 15) is 4.79 Å². The molecule has 3 nitrogen and oxygen atoms in total. The highest BCUT2D eigenvalue weighted by atomic mass is 16.1. The van der Waals surface area contributed by atoms with E-state index in [0.717, 1.165) is 41.0 Å². The number of anilines is 1. The van der Waals surface area contributed by atoms with Crippen LogP contribution >= 0.6 is 0 Å². The topological polar surface area (TPSA) is 55.1 Å². The predicted molar refractivity (Wildman–Crippen MR) is 208 cm³/mol. The third-order valence-electron chi connectivity index (χ3n) is 9.19. The molecule has 0 heterocycles. The van der Waals surface area contributed by atoms with Gasteiger partial charge < -0.3 is 11.1 Å². The smallest absolute Gasteiger partial charge is 0.251 e. The summed E-state index contributed by atoms with van der Waals surface area (Å²) in [5, 5.41) is 3.25. The van der Waals surface area contributed by atoms with Crippen LogP contribution in [-0.2, 0) is 6.42 Å². The van der Waals surface area contributed by atoms with Crippen molar-refractivity contribution in [3.05, 3.63) is 64.9 Å². The summed E-state index contributed by atoms with van der Waals surface area (Å²) >= 11 is 0. The van der Waals surface area contributed by atoms with Crippen molar-refractivity contribution < 1.29 is 4.79 Å². The van der Waals surface area contributed by atoms with Crippen LogP contribution in [-0.4, -0.2) is 5.91 Å². The second kappa shape index (κ2) is 24.6. The van der Waals surface area contributed by atoms with Crippen molar-refractivity contribution in [2.45, 2.75) is 172 Å². The van der Waals surface area contributed by atoms with Crippen LogP contribution < -0.4 is 11.1 Å². The molecule has 3 N–H and O–H groups in total. The van der Waals surface area contributed by atoms with Gasteiger partial charge in [-0.05, 0) is 109 Å². The molecule has 2 aliphatic rings. The van der Waals surface area contributed by atoms with Crippen molar-refractivity contribution in [2.75, 3.05) is 5.32 Å². The lowest BCUT2D eigenvalue weighted by Crippen LogP contribution is -2.18. The molecule has 0 spiro atoms. The maximum atomic E-state index is 12.3. The number of carbonyl (C=O) groups is 1. The van der Waals surface area contributed by atoms with E-state index in [1.165, 1.54) is 87.3 Å². The summed E-state index contributed by atoms with van der Waals surface area (Å²) < 4.78 is 0. The van der Waals surface area contributed by atoms with Crippen LogP contribution in [0.25, 0.3) is 11.1 Å². The van der Waals surface area contributed by atoms with Gasteiger partial charge in [-0.2, -0.15) is 0 Å². The summed E-state index contributed by atoms with van der Waals surface area (Å²) in [6.45, 7) is 29.4. The molecule has 4 rings (SSSR count). The first-order chi connectivity index (χ1) is 22.1. The second-order valence-corrected chi connectivity index (χ2v) is 13.0. The van der Waals surface area contributed by atoms with Crippen LogP contribution in [0.3, 0.4) is 0 Å². The molecule has 2 aromatic carbocycles. The van der Waals surface area contributed by atoms with Gasteiger partial charge in [0.15, 0.2) is 0 Å². The van der Waals surface area contributed by atoms with Gasteiger partial charge in [0.05, 0.1) is 11.3 Å². The van der Waals surface area contributed by atoms with Crippen LogP contribution in [0, 0.1) is 18.8 Å². The van der Waals surface area contributed by atoms with E-state index in [4.69, 9.17) is 5.73 Å². The lowest BCUT2D eigenvalue weighted by atomic mass is 9.77. The van der Waals surface area contributed by atoms with Gasteiger partial charge in [0, 0.05) is 0 Å². The molecular weight excluding hydrogens is 560 g/mol. The Labute approximate surface area is 286 Å². The van der Waals surface area contributed by atoms with Crippen LogP contribution in [0.2, 0.25) is 0 Å². The fourth-order valence-electron chi connectivity index (χ4n) is 6.03. The number of aryl methyl sites for hydroxylation is 2. The molecule has 3 heteroatoms. The van der Waals surface area contributed by atoms with Crippen molar-refractivity contribution in [1.29, 1.82) is 0 Å². The van der Waals surface area contributed by atoms with Gasteiger partial charge in [0.2, 0.25) is 0 Å². The van der Waals surface area contributed by atoms with E-state index >= 15 is 0 Å². The zero-order chi connectivity index (χ0) is 35.2. The number of carbonyl (C=O) groups excluding carboxylic acids is 1. The number of nitrogens with two attached hydrogens (primary N) is 1. The Bertz CT molecular complexity index is 1120. The zero-order valence-corrected chi connectivity index (χ0v) is 32.4. The van der Waals surface area contributed by atoms with E-state index in [-0.39, 0.29) is 5.92 Å². The number of unbranched alkanes of at least 4 members (excludes halogenated alkanes) is 4. The molecule has 0 aromatic heterocycles. The minimum Gasteiger partial charge on any atom is -0.366 e. The van der Waals surface area contributed by atoms with Crippen molar-refractivity contribution in [3.63, 3.8) is 0 Å². The number of fused-ring (bicyclic) bond motifs is 1. The van der Waals surface area contributed by atoms with Crippen LogP contribution in [0.1, 0.15) is 191 Å². The third-order valence-corrected chi connectivity index (χ3v) is 9.19. The normalized spacial score (nSPS) is 15.2. The molecule has 2 aliphatic carbocycles. The monoisotopic (exact) mass is 635 g/mol. The highest BCUT2D eigenvalue weighted by Crippen LogP contribution is 2.49. The first-order valence-electron chi connectivity index (χ1n) is 19.1. The van der Waals surface area contributed by atoms with Gasteiger partial charge in [-0.3, -0.25) is 4.79 Å². The molecule has 1 saturated carbocycles. The molecule has 0 bridgehead atoms. The van der Waals surface area contributed by atoms with Crippen LogP contribution in [0.5, 0.6) is 0 Å². The number of rotatable bonds is 12. The lowest BCUT2D eigenvalue weighted by Gasteiger charge is -2.28. The summed E-state index contributed by atoms with van der Waals surface area (Å²) in [4.78, 5) is 12.3. The Kier molecular flexibility index (Phi) is 23.2. The summed E-state index contributed by atoms with van der Waals surface area (Å²) in [5.74, 6) is 2.38. The van der Waals surface area contributed by atoms with Gasteiger partial charge in [-0.25, -0.2) is 0 Å². The predicted octanol–water partition coefficient (Wildman–Crippen LogP) is 13.7. The van der Waals surface area contributed by atoms with E-state index in [1.54, 1.807) is 11.8 Å². The van der Waals surface area contributed by atoms with E-state index in [0.29, 0.717) is 5.56 Å². The molecule has 0 radical (unpaired) electrons. The zero-order valence-electron chi connectivity index (χ0n) is 32.4. The summed E-state index contributed by atoms with van der Waals surface area (Å²) in [5.41, 5.74) is 14.8. The molecule has 262 valence electrons. The van der Waals surface area contributed by atoms with Gasteiger partial charge in [-0.1, -0.05) is 146 Å².